The van der Waals surface area contributed by atoms with Crippen molar-refractivity contribution in [3.05, 3.63) is 33.8 Å². The summed E-state index contributed by atoms with van der Waals surface area (Å²) in [5.41, 5.74) is 1.29. The van der Waals surface area contributed by atoms with Crippen molar-refractivity contribution in [1.29, 1.82) is 0 Å². The zero-order valence-electron chi connectivity index (χ0n) is 13.2. The van der Waals surface area contributed by atoms with Gasteiger partial charge in [0.2, 0.25) is 0 Å². The first-order valence-corrected chi connectivity index (χ1v) is 9.04. The predicted molar refractivity (Wildman–Crippen MR) is 93.9 cm³/mol. The number of benzene rings is 1. The summed E-state index contributed by atoms with van der Waals surface area (Å²) in [6.07, 6.45) is 2.65. The largest absolute Gasteiger partial charge is 0.312 e. The van der Waals surface area contributed by atoms with Crippen molar-refractivity contribution in [3.63, 3.8) is 0 Å². The average molecular weight is 342 g/mol. The van der Waals surface area contributed by atoms with Gasteiger partial charge in [-0.1, -0.05) is 29.3 Å². The molecule has 2 heterocycles. The number of rotatable bonds is 4. The van der Waals surface area contributed by atoms with Crippen molar-refractivity contribution in [2.75, 3.05) is 39.3 Å². The molecule has 0 amide bonds. The quantitative estimate of drug-likeness (QED) is 0.905. The molecule has 122 valence electrons. The summed E-state index contributed by atoms with van der Waals surface area (Å²) in [7, 11) is 0. The third-order valence-electron chi connectivity index (χ3n) is 4.80. The van der Waals surface area contributed by atoms with Gasteiger partial charge in [-0.2, -0.15) is 0 Å². The van der Waals surface area contributed by atoms with E-state index in [1.165, 1.54) is 31.5 Å². The molecule has 2 saturated heterocycles. The van der Waals surface area contributed by atoms with Crippen LogP contribution >= 0.6 is 23.2 Å². The number of piperazine rings is 1. The van der Waals surface area contributed by atoms with Crippen molar-refractivity contribution in [3.8, 4) is 0 Å². The Bertz CT molecular complexity index is 503. The first kappa shape index (κ1) is 16.5. The Hall–Kier alpha value is -0.320. The Labute approximate surface area is 143 Å². The molecule has 1 aromatic rings. The summed E-state index contributed by atoms with van der Waals surface area (Å²) < 4.78 is 0. The van der Waals surface area contributed by atoms with Gasteiger partial charge in [0.1, 0.15) is 0 Å². The average Bonchev–Trinajstić information content (AvgIpc) is 3.01. The molecular weight excluding hydrogens is 317 g/mol. The van der Waals surface area contributed by atoms with E-state index in [4.69, 9.17) is 23.2 Å². The fourth-order valence-corrected chi connectivity index (χ4v) is 3.91. The lowest BCUT2D eigenvalue weighted by Crippen LogP contribution is -2.52. The molecule has 3 nitrogen and oxygen atoms in total. The first-order chi connectivity index (χ1) is 10.6. The minimum atomic E-state index is 0.400. The molecule has 0 aromatic heterocycles. The van der Waals surface area contributed by atoms with Gasteiger partial charge in [0.05, 0.1) is 10.0 Å². The maximum atomic E-state index is 6.27. The highest BCUT2D eigenvalue weighted by atomic mass is 35.5. The van der Waals surface area contributed by atoms with Crippen molar-refractivity contribution < 1.29 is 0 Å². The standard InChI is InChI=1S/C17H25Cl2N3/c1-13-11-22(9-6-20-13)17(12-21-7-2-3-8-21)14-4-5-15(18)16(19)10-14/h4-5,10,13,17,20H,2-3,6-9,11-12H2,1H3. The normalized spacial score (nSPS) is 25.5. The highest BCUT2D eigenvalue weighted by Crippen LogP contribution is 2.30. The van der Waals surface area contributed by atoms with Crippen LogP contribution in [-0.4, -0.2) is 55.1 Å². The van der Waals surface area contributed by atoms with E-state index in [0.29, 0.717) is 22.1 Å². The topological polar surface area (TPSA) is 18.5 Å². The lowest BCUT2D eigenvalue weighted by molar-refractivity contribution is 0.117. The van der Waals surface area contributed by atoms with Gasteiger partial charge in [0.25, 0.3) is 0 Å². The Balaban J connectivity index is 1.81. The Morgan fingerprint density at radius 3 is 2.64 bits per heavy atom. The molecule has 5 heteroatoms. The molecule has 2 aliphatic heterocycles. The molecule has 1 N–H and O–H groups in total. The van der Waals surface area contributed by atoms with Crippen molar-refractivity contribution >= 4 is 23.2 Å². The molecule has 0 spiro atoms. The van der Waals surface area contributed by atoms with Crippen molar-refractivity contribution in [2.24, 2.45) is 0 Å². The molecular formula is C17H25Cl2N3. The third kappa shape index (κ3) is 3.95. The smallest absolute Gasteiger partial charge is 0.0595 e. The van der Waals surface area contributed by atoms with E-state index in [-0.39, 0.29) is 0 Å². The summed E-state index contributed by atoms with van der Waals surface area (Å²) in [6, 6.07) is 7.07. The van der Waals surface area contributed by atoms with Crippen LogP contribution in [0.2, 0.25) is 10.0 Å². The monoisotopic (exact) mass is 341 g/mol. The highest BCUT2D eigenvalue weighted by Gasteiger charge is 2.28. The maximum absolute atomic E-state index is 6.27. The Morgan fingerprint density at radius 1 is 1.18 bits per heavy atom. The van der Waals surface area contributed by atoms with Crippen LogP contribution in [-0.2, 0) is 0 Å². The van der Waals surface area contributed by atoms with E-state index in [1.807, 2.05) is 6.07 Å². The summed E-state index contributed by atoms with van der Waals surface area (Å²) >= 11 is 12.4. The van der Waals surface area contributed by atoms with Gasteiger partial charge >= 0.3 is 0 Å². The Kier molecular flexibility index (Phi) is 5.64. The highest BCUT2D eigenvalue weighted by molar-refractivity contribution is 6.42. The second kappa shape index (κ2) is 7.50. The summed E-state index contributed by atoms with van der Waals surface area (Å²) in [6.45, 7) is 9.01. The van der Waals surface area contributed by atoms with Crippen LogP contribution in [0.25, 0.3) is 0 Å². The van der Waals surface area contributed by atoms with Crippen LogP contribution in [0.5, 0.6) is 0 Å². The molecule has 2 unspecified atom stereocenters. The van der Waals surface area contributed by atoms with E-state index >= 15 is 0 Å². The van der Waals surface area contributed by atoms with Gasteiger partial charge in [0, 0.05) is 38.3 Å². The van der Waals surface area contributed by atoms with E-state index < -0.39 is 0 Å². The van der Waals surface area contributed by atoms with Crippen LogP contribution in [0, 0.1) is 0 Å². The lowest BCUT2D eigenvalue weighted by atomic mass is 10.0. The molecule has 0 radical (unpaired) electrons. The number of hydrogen-bond acceptors (Lipinski definition) is 3. The molecule has 0 aliphatic carbocycles. The lowest BCUT2D eigenvalue weighted by Gasteiger charge is -2.39. The second-order valence-electron chi connectivity index (χ2n) is 6.55. The molecule has 2 fully saturated rings. The molecule has 1 aromatic carbocycles. The summed E-state index contributed by atoms with van der Waals surface area (Å²) in [4.78, 5) is 5.18. The first-order valence-electron chi connectivity index (χ1n) is 8.28. The van der Waals surface area contributed by atoms with Gasteiger partial charge in [0.15, 0.2) is 0 Å². The van der Waals surface area contributed by atoms with Gasteiger partial charge in [-0.05, 0) is 50.6 Å². The van der Waals surface area contributed by atoms with E-state index in [0.717, 1.165) is 26.2 Å². The molecule has 2 atom stereocenters. The van der Waals surface area contributed by atoms with Gasteiger partial charge in [-0.25, -0.2) is 0 Å². The van der Waals surface area contributed by atoms with Crippen LogP contribution in [0.4, 0.5) is 0 Å². The molecule has 3 rings (SSSR count). The maximum Gasteiger partial charge on any atom is 0.0595 e. The zero-order valence-corrected chi connectivity index (χ0v) is 14.7. The van der Waals surface area contributed by atoms with Gasteiger partial charge in [-0.15, -0.1) is 0 Å². The number of halogens is 2. The summed E-state index contributed by atoms with van der Waals surface area (Å²) in [5.74, 6) is 0. The number of nitrogens with one attached hydrogen (secondary N) is 1. The minimum Gasteiger partial charge on any atom is -0.312 e. The number of hydrogen-bond donors (Lipinski definition) is 1. The van der Waals surface area contributed by atoms with E-state index in [9.17, 15) is 0 Å². The van der Waals surface area contributed by atoms with Crippen LogP contribution in [0.15, 0.2) is 18.2 Å². The number of nitrogens with zero attached hydrogens (tertiary/aromatic N) is 2. The fourth-order valence-electron chi connectivity index (χ4n) is 3.61. The third-order valence-corrected chi connectivity index (χ3v) is 5.54. The fraction of sp³-hybridized carbons (Fsp3) is 0.647. The van der Waals surface area contributed by atoms with Gasteiger partial charge < -0.3 is 10.2 Å². The van der Waals surface area contributed by atoms with Crippen LogP contribution in [0.1, 0.15) is 31.4 Å². The zero-order chi connectivity index (χ0) is 15.5. The minimum absolute atomic E-state index is 0.400. The summed E-state index contributed by atoms with van der Waals surface area (Å²) in [5, 5.41) is 4.83. The SMILES string of the molecule is CC1CN(C(CN2CCCC2)c2ccc(Cl)c(Cl)c2)CCN1. The van der Waals surface area contributed by atoms with Crippen molar-refractivity contribution in [1.82, 2.24) is 15.1 Å². The van der Waals surface area contributed by atoms with Crippen molar-refractivity contribution in [2.45, 2.75) is 31.8 Å². The van der Waals surface area contributed by atoms with E-state index in [1.54, 1.807) is 0 Å². The predicted octanol–water partition coefficient (Wildman–Crippen LogP) is 3.42. The van der Waals surface area contributed by atoms with Crippen LogP contribution < -0.4 is 5.32 Å². The Morgan fingerprint density at radius 2 is 1.95 bits per heavy atom. The number of likely N-dealkylation sites (tertiary alicyclic amines) is 1. The molecule has 0 saturated carbocycles. The second-order valence-corrected chi connectivity index (χ2v) is 7.36. The molecule has 22 heavy (non-hydrogen) atoms. The van der Waals surface area contributed by atoms with Crippen LogP contribution in [0.3, 0.4) is 0 Å². The van der Waals surface area contributed by atoms with E-state index in [2.05, 4.69) is 34.2 Å². The van der Waals surface area contributed by atoms with Gasteiger partial charge in [-0.3, -0.25) is 4.90 Å². The molecule has 0 bridgehead atoms. The molecule has 2 aliphatic rings.